The summed E-state index contributed by atoms with van der Waals surface area (Å²) in [7, 11) is -2.20. The lowest BCUT2D eigenvalue weighted by atomic mass is 10.1. The molecule has 0 aromatic rings. The minimum absolute atomic E-state index is 0.201. The lowest BCUT2D eigenvalue weighted by molar-refractivity contribution is -0.136. The highest BCUT2D eigenvalue weighted by atomic mass is 28.3. The third-order valence-electron chi connectivity index (χ3n) is 4.70. The largest absolute Gasteiger partial charge is 0.389 e. The Morgan fingerprint density at radius 1 is 0.444 bits per heavy atom. The summed E-state index contributed by atoms with van der Waals surface area (Å²) in [5.74, 6) is 0. The first-order chi connectivity index (χ1) is 12.4. The van der Waals surface area contributed by atoms with Crippen molar-refractivity contribution in [1.29, 1.82) is 0 Å². The second-order valence-corrected chi connectivity index (χ2v) is 11.2. The second kappa shape index (κ2) is 13.8. The standard InChI is InChI=1S/C18H36F6N2Si/c19-17(20,21)13-9-5-1-3-7-11-15-27(25,26)16-12-8-4-2-6-10-14-18(22,23)24/h1-16,25-26H2. The number of nitrogens with two attached hydrogens (primary N) is 2. The maximum absolute atomic E-state index is 12.0. The van der Waals surface area contributed by atoms with E-state index in [1.54, 1.807) is 0 Å². The van der Waals surface area contributed by atoms with Crippen LogP contribution in [0.1, 0.15) is 89.9 Å². The van der Waals surface area contributed by atoms with Crippen molar-refractivity contribution in [1.82, 2.24) is 0 Å². The summed E-state index contributed by atoms with van der Waals surface area (Å²) >= 11 is 0. The topological polar surface area (TPSA) is 52.0 Å². The Hall–Kier alpha value is -0.283. The van der Waals surface area contributed by atoms with Gasteiger partial charge in [-0.2, -0.15) is 26.3 Å². The van der Waals surface area contributed by atoms with E-state index in [9.17, 15) is 26.3 Å². The second-order valence-electron chi connectivity index (χ2n) is 7.71. The van der Waals surface area contributed by atoms with E-state index in [2.05, 4.69) is 0 Å². The van der Waals surface area contributed by atoms with Crippen molar-refractivity contribution < 1.29 is 26.3 Å². The average molecular weight is 423 g/mol. The molecule has 0 aromatic carbocycles. The van der Waals surface area contributed by atoms with Crippen molar-refractivity contribution in [3.8, 4) is 0 Å². The van der Waals surface area contributed by atoms with E-state index in [4.69, 9.17) is 10.8 Å². The summed E-state index contributed by atoms with van der Waals surface area (Å²) < 4.78 is 72.0. The Labute approximate surface area is 160 Å². The van der Waals surface area contributed by atoms with Crippen LogP contribution in [0.3, 0.4) is 0 Å². The van der Waals surface area contributed by atoms with E-state index in [-0.39, 0.29) is 12.8 Å². The molecule has 0 radical (unpaired) electrons. The fourth-order valence-electron chi connectivity index (χ4n) is 3.10. The van der Waals surface area contributed by atoms with Crippen LogP contribution >= 0.6 is 0 Å². The van der Waals surface area contributed by atoms with Crippen LogP contribution in [0.4, 0.5) is 26.3 Å². The van der Waals surface area contributed by atoms with E-state index < -0.39 is 33.6 Å². The van der Waals surface area contributed by atoms with E-state index in [0.29, 0.717) is 12.8 Å². The van der Waals surface area contributed by atoms with Gasteiger partial charge in [-0.05, 0) is 24.9 Å². The number of rotatable bonds is 16. The predicted molar refractivity (Wildman–Crippen MR) is 100 cm³/mol. The highest BCUT2D eigenvalue weighted by molar-refractivity contribution is 6.73. The van der Waals surface area contributed by atoms with E-state index in [1.807, 2.05) is 0 Å². The highest BCUT2D eigenvalue weighted by Gasteiger charge is 2.26. The minimum Gasteiger partial charge on any atom is -0.339 e. The molecule has 0 aliphatic heterocycles. The van der Waals surface area contributed by atoms with Crippen LogP contribution in [-0.2, 0) is 0 Å². The fourth-order valence-corrected chi connectivity index (χ4v) is 5.16. The van der Waals surface area contributed by atoms with Crippen molar-refractivity contribution in [3.05, 3.63) is 0 Å². The number of unbranched alkanes of at least 4 members (excludes halogenated alkanes) is 10. The molecule has 0 rings (SSSR count). The minimum atomic E-state index is -4.05. The summed E-state index contributed by atoms with van der Waals surface area (Å²) in [6, 6.07) is 1.64. The van der Waals surface area contributed by atoms with Gasteiger partial charge in [0.15, 0.2) is 8.40 Å². The number of halogens is 6. The first-order valence-corrected chi connectivity index (χ1v) is 12.7. The molecule has 164 valence electrons. The zero-order valence-corrected chi connectivity index (χ0v) is 17.2. The first-order valence-electron chi connectivity index (χ1n) is 10.1. The summed E-state index contributed by atoms with van der Waals surface area (Å²) in [6.07, 6.45) is -0.656. The summed E-state index contributed by atoms with van der Waals surface area (Å²) in [4.78, 5) is 0. The SMILES string of the molecule is N[Si](N)(CCCCCCCCC(F)(F)F)CCCCCCCCC(F)(F)F. The molecule has 2 nitrogen and oxygen atoms in total. The Kier molecular flexibility index (Phi) is 13.7. The van der Waals surface area contributed by atoms with Crippen molar-refractivity contribution in [3.63, 3.8) is 0 Å². The van der Waals surface area contributed by atoms with Gasteiger partial charge in [0.25, 0.3) is 0 Å². The smallest absolute Gasteiger partial charge is 0.339 e. The van der Waals surface area contributed by atoms with Gasteiger partial charge in [0, 0.05) is 12.8 Å². The van der Waals surface area contributed by atoms with Crippen LogP contribution < -0.4 is 10.8 Å². The molecule has 0 heterocycles. The van der Waals surface area contributed by atoms with Gasteiger partial charge in [-0.1, -0.05) is 64.2 Å². The van der Waals surface area contributed by atoms with Crippen LogP contribution in [0.15, 0.2) is 0 Å². The molecule has 0 bridgehead atoms. The van der Waals surface area contributed by atoms with Gasteiger partial charge < -0.3 is 10.8 Å². The third kappa shape index (κ3) is 21.9. The van der Waals surface area contributed by atoms with Gasteiger partial charge in [-0.15, -0.1) is 0 Å². The average Bonchev–Trinajstić information content (AvgIpc) is 2.50. The van der Waals surface area contributed by atoms with E-state index in [1.165, 1.54) is 0 Å². The van der Waals surface area contributed by atoms with Gasteiger partial charge in [-0.3, -0.25) is 0 Å². The monoisotopic (exact) mass is 422 g/mol. The quantitative estimate of drug-likeness (QED) is 0.161. The molecule has 0 atom stereocenters. The summed E-state index contributed by atoms with van der Waals surface area (Å²) in [6.45, 7) is 0. The number of hydrogen-bond acceptors (Lipinski definition) is 2. The molecule has 0 saturated heterocycles. The first kappa shape index (κ1) is 26.7. The molecule has 0 saturated carbocycles. The van der Waals surface area contributed by atoms with Gasteiger partial charge in [0.1, 0.15) is 0 Å². The lowest BCUT2D eigenvalue weighted by Gasteiger charge is -2.21. The van der Waals surface area contributed by atoms with Gasteiger partial charge in [0.2, 0.25) is 0 Å². The van der Waals surface area contributed by atoms with Gasteiger partial charge in [-0.25, -0.2) is 0 Å². The number of alkyl halides is 6. The van der Waals surface area contributed by atoms with Crippen LogP contribution in [0.25, 0.3) is 0 Å². The molecule has 9 heteroatoms. The summed E-state index contributed by atoms with van der Waals surface area (Å²) in [5.41, 5.74) is 0. The van der Waals surface area contributed by atoms with Crippen LogP contribution in [-0.4, -0.2) is 20.7 Å². The van der Waals surface area contributed by atoms with Crippen molar-refractivity contribution >= 4 is 8.40 Å². The normalized spacial score (nSPS) is 13.3. The molecule has 27 heavy (non-hydrogen) atoms. The van der Waals surface area contributed by atoms with Crippen molar-refractivity contribution in [2.45, 2.75) is 114 Å². The molecular weight excluding hydrogens is 386 g/mol. The number of hydrogen-bond donors (Lipinski definition) is 2. The third-order valence-corrected chi connectivity index (χ3v) is 7.27. The van der Waals surface area contributed by atoms with Crippen LogP contribution in [0.5, 0.6) is 0 Å². The van der Waals surface area contributed by atoms with E-state index in [0.717, 1.165) is 63.5 Å². The van der Waals surface area contributed by atoms with Crippen LogP contribution in [0, 0.1) is 0 Å². The Bertz CT molecular complexity index is 327. The molecule has 0 amide bonds. The maximum atomic E-state index is 12.0. The molecule has 0 aliphatic carbocycles. The molecule has 0 aliphatic rings. The van der Waals surface area contributed by atoms with Crippen LogP contribution in [0.2, 0.25) is 12.1 Å². The predicted octanol–water partition coefficient (Wildman–Crippen LogP) is 6.93. The molecule has 4 N–H and O–H groups in total. The Morgan fingerprint density at radius 2 is 0.704 bits per heavy atom. The van der Waals surface area contributed by atoms with Gasteiger partial charge >= 0.3 is 12.4 Å². The molecule has 0 spiro atoms. The lowest BCUT2D eigenvalue weighted by Crippen LogP contribution is -2.55. The summed E-state index contributed by atoms with van der Waals surface area (Å²) in [5, 5.41) is 12.4. The van der Waals surface area contributed by atoms with Crippen molar-refractivity contribution in [2.24, 2.45) is 10.8 Å². The molecular formula is C18H36F6N2Si. The Balaban J connectivity index is 3.45. The van der Waals surface area contributed by atoms with Crippen molar-refractivity contribution in [2.75, 3.05) is 0 Å². The van der Waals surface area contributed by atoms with E-state index >= 15 is 0 Å². The highest BCUT2D eigenvalue weighted by Crippen LogP contribution is 2.24. The zero-order valence-electron chi connectivity index (χ0n) is 16.2. The molecule has 0 fully saturated rings. The Morgan fingerprint density at radius 3 is 1.00 bits per heavy atom. The maximum Gasteiger partial charge on any atom is 0.389 e. The zero-order chi connectivity index (χ0) is 20.8. The fraction of sp³-hybridized carbons (Fsp3) is 1.00. The molecule has 0 unspecified atom stereocenters. The molecule has 0 aromatic heterocycles. The van der Waals surface area contributed by atoms with Gasteiger partial charge in [0.05, 0.1) is 0 Å².